The van der Waals surface area contributed by atoms with E-state index in [0.717, 1.165) is 18.8 Å². The monoisotopic (exact) mass is 191 g/mol. The highest BCUT2D eigenvalue weighted by atomic mass is 16.5. The van der Waals surface area contributed by atoms with Gasteiger partial charge in [-0.05, 0) is 43.0 Å². The number of nitrogens with one attached hydrogen (secondary N) is 1. The van der Waals surface area contributed by atoms with Crippen molar-refractivity contribution >= 4 is 0 Å². The molecule has 0 spiro atoms. The first-order valence-electron chi connectivity index (χ1n) is 5.16. The maximum absolute atomic E-state index is 5.32. The summed E-state index contributed by atoms with van der Waals surface area (Å²) in [6.07, 6.45) is 1.24. The van der Waals surface area contributed by atoms with Gasteiger partial charge in [-0.25, -0.2) is 0 Å². The first-order chi connectivity index (χ1) is 6.81. The molecule has 1 saturated heterocycles. The summed E-state index contributed by atoms with van der Waals surface area (Å²) in [4.78, 5) is 0. The van der Waals surface area contributed by atoms with E-state index in [0.29, 0.717) is 5.92 Å². The Bertz CT molecular complexity index is 316. The topological polar surface area (TPSA) is 21.3 Å². The van der Waals surface area contributed by atoms with Crippen molar-refractivity contribution in [2.45, 2.75) is 19.3 Å². The molecule has 76 valence electrons. The van der Waals surface area contributed by atoms with Gasteiger partial charge >= 0.3 is 0 Å². The second-order valence-electron chi connectivity index (χ2n) is 3.92. The standard InChI is InChI=1S/C12H17NO/c1-9-3-4-10(7-12(9)14-2)11-5-6-13-8-11/h3-4,7,11,13H,5-6,8H2,1-2H3/t11-/m0/s1. The molecule has 0 bridgehead atoms. The SMILES string of the molecule is COc1cc([C@H]2CCNC2)ccc1C. The fourth-order valence-corrected chi connectivity index (χ4v) is 2.03. The molecule has 1 atom stereocenters. The molecule has 0 aliphatic carbocycles. The first kappa shape index (κ1) is 9.53. The third-order valence-corrected chi connectivity index (χ3v) is 2.96. The average Bonchev–Trinajstić information content (AvgIpc) is 2.71. The van der Waals surface area contributed by atoms with Crippen LogP contribution in [0.5, 0.6) is 5.75 Å². The lowest BCUT2D eigenvalue weighted by molar-refractivity contribution is 0.411. The van der Waals surface area contributed by atoms with Gasteiger partial charge in [0.25, 0.3) is 0 Å². The first-order valence-corrected chi connectivity index (χ1v) is 5.16. The Kier molecular flexibility index (Phi) is 2.73. The number of hydrogen-bond donors (Lipinski definition) is 1. The average molecular weight is 191 g/mol. The van der Waals surface area contributed by atoms with E-state index in [4.69, 9.17) is 4.74 Å². The second kappa shape index (κ2) is 4.01. The van der Waals surface area contributed by atoms with E-state index in [1.54, 1.807) is 7.11 Å². The molecule has 2 nitrogen and oxygen atoms in total. The zero-order valence-corrected chi connectivity index (χ0v) is 8.84. The molecule has 0 radical (unpaired) electrons. The maximum atomic E-state index is 5.32. The Morgan fingerprint density at radius 3 is 2.93 bits per heavy atom. The Morgan fingerprint density at radius 1 is 1.43 bits per heavy atom. The van der Waals surface area contributed by atoms with Crippen LogP contribution < -0.4 is 10.1 Å². The fourth-order valence-electron chi connectivity index (χ4n) is 2.03. The molecule has 1 heterocycles. The highest BCUT2D eigenvalue weighted by Crippen LogP contribution is 2.27. The van der Waals surface area contributed by atoms with Crippen LogP contribution in [0.1, 0.15) is 23.5 Å². The molecule has 0 aromatic heterocycles. The van der Waals surface area contributed by atoms with Crippen molar-refractivity contribution in [3.63, 3.8) is 0 Å². The molecule has 1 fully saturated rings. The highest BCUT2D eigenvalue weighted by molar-refractivity contribution is 5.38. The molecule has 1 aromatic carbocycles. The van der Waals surface area contributed by atoms with Gasteiger partial charge in [0.05, 0.1) is 7.11 Å². The third-order valence-electron chi connectivity index (χ3n) is 2.96. The van der Waals surface area contributed by atoms with Crippen molar-refractivity contribution < 1.29 is 4.74 Å². The summed E-state index contributed by atoms with van der Waals surface area (Å²) in [6.45, 7) is 4.32. The zero-order valence-electron chi connectivity index (χ0n) is 8.84. The van der Waals surface area contributed by atoms with Crippen molar-refractivity contribution in [1.82, 2.24) is 5.32 Å². The lowest BCUT2D eigenvalue weighted by atomic mass is 9.97. The molecule has 2 rings (SSSR count). The number of hydrogen-bond acceptors (Lipinski definition) is 2. The summed E-state index contributed by atoms with van der Waals surface area (Å²) in [5.41, 5.74) is 2.61. The molecule has 1 aliphatic rings. The van der Waals surface area contributed by atoms with Crippen molar-refractivity contribution in [2.24, 2.45) is 0 Å². The molecule has 2 heteroatoms. The van der Waals surface area contributed by atoms with E-state index in [1.165, 1.54) is 17.5 Å². The van der Waals surface area contributed by atoms with E-state index in [-0.39, 0.29) is 0 Å². The summed E-state index contributed by atoms with van der Waals surface area (Å²) in [5.74, 6) is 1.68. The van der Waals surface area contributed by atoms with E-state index in [1.807, 2.05) is 0 Å². The number of aryl methyl sites for hydroxylation is 1. The van der Waals surface area contributed by atoms with Crippen molar-refractivity contribution in [3.8, 4) is 5.75 Å². The minimum Gasteiger partial charge on any atom is -0.496 e. The number of rotatable bonds is 2. The van der Waals surface area contributed by atoms with Gasteiger partial charge in [-0.3, -0.25) is 0 Å². The molecular formula is C12H17NO. The predicted molar refractivity (Wildman–Crippen MR) is 58.0 cm³/mol. The molecule has 0 saturated carbocycles. The van der Waals surface area contributed by atoms with Crippen LogP contribution in [-0.2, 0) is 0 Å². The van der Waals surface area contributed by atoms with Gasteiger partial charge in [0.2, 0.25) is 0 Å². The minimum absolute atomic E-state index is 0.671. The predicted octanol–water partition coefficient (Wildman–Crippen LogP) is 2.08. The molecule has 1 aromatic rings. The summed E-state index contributed by atoms with van der Waals surface area (Å²) in [6, 6.07) is 6.54. The van der Waals surface area contributed by atoms with Crippen LogP contribution in [0, 0.1) is 6.92 Å². The van der Waals surface area contributed by atoms with Gasteiger partial charge in [-0.15, -0.1) is 0 Å². The van der Waals surface area contributed by atoms with Gasteiger partial charge in [0, 0.05) is 6.54 Å². The molecule has 0 amide bonds. The van der Waals surface area contributed by atoms with E-state index in [9.17, 15) is 0 Å². The fraction of sp³-hybridized carbons (Fsp3) is 0.500. The Balaban J connectivity index is 2.25. The summed E-state index contributed by atoms with van der Waals surface area (Å²) in [5, 5.41) is 3.38. The van der Waals surface area contributed by atoms with Crippen LogP contribution in [-0.4, -0.2) is 20.2 Å². The minimum atomic E-state index is 0.671. The Morgan fingerprint density at radius 2 is 2.29 bits per heavy atom. The van der Waals surface area contributed by atoms with Crippen LogP contribution >= 0.6 is 0 Å². The van der Waals surface area contributed by atoms with Gasteiger partial charge < -0.3 is 10.1 Å². The number of ether oxygens (including phenoxy) is 1. The number of methoxy groups -OCH3 is 1. The normalized spacial score (nSPS) is 21.1. The van der Waals surface area contributed by atoms with Crippen molar-refractivity contribution in [2.75, 3.05) is 20.2 Å². The van der Waals surface area contributed by atoms with Crippen LogP contribution in [0.25, 0.3) is 0 Å². The summed E-state index contributed by atoms with van der Waals surface area (Å²) >= 11 is 0. The third kappa shape index (κ3) is 1.75. The quantitative estimate of drug-likeness (QED) is 0.772. The zero-order chi connectivity index (χ0) is 9.97. The lowest BCUT2D eigenvalue weighted by Gasteiger charge is -2.12. The van der Waals surface area contributed by atoms with Gasteiger partial charge in [-0.2, -0.15) is 0 Å². The Labute approximate surface area is 85.3 Å². The molecular weight excluding hydrogens is 174 g/mol. The Hall–Kier alpha value is -1.02. The maximum Gasteiger partial charge on any atom is 0.122 e. The van der Waals surface area contributed by atoms with E-state index < -0.39 is 0 Å². The molecule has 0 unspecified atom stereocenters. The lowest BCUT2D eigenvalue weighted by Crippen LogP contribution is -2.08. The van der Waals surface area contributed by atoms with Crippen LogP contribution in [0.15, 0.2) is 18.2 Å². The van der Waals surface area contributed by atoms with Crippen LogP contribution in [0.2, 0.25) is 0 Å². The molecule has 1 aliphatic heterocycles. The van der Waals surface area contributed by atoms with Gasteiger partial charge in [0.15, 0.2) is 0 Å². The van der Waals surface area contributed by atoms with Gasteiger partial charge in [0.1, 0.15) is 5.75 Å². The van der Waals surface area contributed by atoms with E-state index in [2.05, 4.69) is 30.4 Å². The van der Waals surface area contributed by atoms with Crippen LogP contribution in [0.4, 0.5) is 0 Å². The highest BCUT2D eigenvalue weighted by Gasteiger charge is 2.17. The molecule has 1 N–H and O–H groups in total. The summed E-state index contributed by atoms with van der Waals surface area (Å²) < 4.78 is 5.32. The van der Waals surface area contributed by atoms with Crippen LogP contribution in [0.3, 0.4) is 0 Å². The van der Waals surface area contributed by atoms with Crippen molar-refractivity contribution in [1.29, 1.82) is 0 Å². The second-order valence-corrected chi connectivity index (χ2v) is 3.92. The van der Waals surface area contributed by atoms with Gasteiger partial charge in [-0.1, -0.05) is 12.1 Å². The largest absolute Gasteiger partial charge is 0.496 e. The smallest absolute Gasteiger partial charge is 0.122 e. The molecule has 14 heavy (non-hydrogen) atoms. The number of benzene rings is 1. The van der Waals surface area contributed by atoms with Crippen molar-refractivity contribution in [3.05, 3.63) is 29.3 Å². The summed E-state index contributed by atoms with van der Waals surface area (Å²) in [7, 11) is 1.74. The van der Waals surface area contributed by atoms with E-state index >= 15 is 0 Å².